The van der Waals surface area contributed by atoms with E-state index in [-0.39, 0.29) is 12.5 Å². The number of hydrogen-bond acceptors (Lipinski definition) is 5. The Morgan fingerprint density at radius 3 is 3.18 bits per heavy atom. The molecule has 0 bridgehead atoms. The molecule has 0 saturated heterocycles. The first-order valence-corrected chi connectivity index (χ1v) is 3.67. The van der Waals surface area contributed by atoms with Crippen LogP contribution in [0.2, 0.25) is 0 Å². The topological polar surface area (TPSA) is 80.0 Å². The Labute approximate surface area is 66.1 Å². The van der Waals surface area contributed by atoms with E-state index in [0.29, 0.717) is 0 Å². The molecule has 0 saturated carbocycles. The van der Waals surface area contributed by atoms with E-state index >= 15 is 0 Å². The van der Waals surface area contributed by atoms with Gasteiger partial charge in [-0.2, -0.15) is 4.28 Å². The summed E-state index contributed by atoms with van der Waals surface area (Å²) >= 11 is -1.69. The van der Waals surface area contributed by atoms with Gasteiger partial charge in [-0.25, -0.2) is 15.5 Å². The fraction of sp³-hybridized carbons (Fsp3) is 0.250. The minimum Gasteiger partial charge on any atom is -0.266 e. The summed E-state index contributed by atoms with van der Waals surface area (Å²) in [5, 5.41) is 1.12. The molecule has 0 fully saturated rings. The molecule has 0 aromatic heterocycles. The van der Waals surface area contributed by atoms with Gasteiger partial charge < -0.3 is 0 Å². The highest BCUT2D eigenvalue weighted by Gasteiger charge is 2.16. The fourth-order valence-electron chi connectivity index (χ4n) is 0.465. The van der Waals surface area contributed by atoms with Crippen LogP contribution < -0.4 is 11.3 Å². The lowest BCUT2D eigenvalue weighted by Gasteiger charge is -2.11. The van der Waals surface area contributed by atoms with Crippen molar-refractivity contribution in [1.82, 2.24) is 10.5 Å². The first-order chi connectivity index (χ1) is 5.24. The van der Waals surface area contributed by atoms with Crippen molar-refractivity contribution in [3.05, 3.63) is 0 Å². The highest BCUT2D eigenvalue weighted by molar-refractivity contribution is 7.79. The lowest BCUT2D eigenvalue weighted by molar-refractivity contribution is 0.282. The molecule has 11 heavy (non-hydrogen) atoms. The predicted octanol–water partition coefficient (Wildman–Crippen LogP) is -1.74. The summed E-state index contributed by atoms with van der Waals surface area (Å²) in [4.78, 5) is 0. The number of nitrogens with one attached hydrogen (secondary N) is 1. The van der Waals surface area contributed by atoms with Crippen molar-refractivity contribution in [1.29, 1.82) is 0 Å². The average molecular weight is 174 g/mol. The molecule has 1 aliphatic rings. The van der Waals surface area contributed by atoms with Crippen LogP contribution in [0.25, 0.3) is 0 Å². The van der Waals surface area contributed by atoms with Crippen LogP contribution in [-0.2, 0) is 15.6 Å². The molecule has 0 aromatic carbocycles. The Kier molecular flexibility index (Phi) is 2.43. The molecule has 1 rings (SSSR count). The summed E-state index contributed by atoms with van der Waals surface area (Å²) in [6.07, 6.45) is 4.96. The van der Waals surface area contributed by atoms with Gasteiger partial charge in [0.25, 0.3) is 5.96 Å². The average Bonchev–Trinajstić information content (AvgIpc) is 2.36. The first kappa shape index (κ1) is 8.00. The zero-order valence-corrected chi connectivity index (χ0v) is 6.30. The van der Waals surface area contributed by atoms with Gasteiger partial charge in [0, 0.05) is 0 Å². The SMILES string of the molecule is C#CCN(N)C1=NS(=O)ON1. The molecule has 0 aliphatic carbocycles. The van der Waals surface area contributed by atoms with Crippen molar-refractivity contribution < 1.29 is 8.49 Å². The molecular weight excluding hydrogens is 168 g/mol. The Morgan fingerprint density at radius 1 is 2.00 bits per heavy atom. The lowest BCUT2D eigenvalue weighted by atomic mass is 10.6. The summed E-state index contributed by atoms with van der Waals surface area (Å²) in [6, 6.07) is 0. The van der Waals surface area contributed by atoms with E-state index in [1.807, 2.05) is 0 Å². The van der Waals surface area contributed by atoms with Crippen molar-refractivity contribution in [2.75, 3.05) is 6.54 Å². The van der Waals surface area contributed by atoms with Gasteiger partial charge in [0.15, 0.2) is 0 Å². The molecule has 60 valence electrons. The second-order valence-electron chi connectivity index (χ2n) is 1.65. The van der Waals surface area contributed by atoms with E-state index in [1.165, 1.54) is 0 Å². The maximum atomic E-state index is 10.5. The molecule has 6 nitrogen and oxygen atoms in total. The molecule has 0 amide bonds. The second kappa shape index (κ2) is 3.34. The van der Waals surface area contributed by atoms with Gasteiger partial charge in [-0.05, 0) is 0 Å². The van der Waals surface area contributed by atoms with Gasteiger partial charge in [-0.3, -0.25) is 5.01 Å². The molecule has 0 aromatic rings. The van der Waals surface area contributed by atoms with E-state index in [9.17, 15) is 4.21 Å². The van der Waals surface area contributed by atoms with Crippen molar-refractivity contribution in [2.24, 2.45) is 10.2 Å². The third-order valence-corrected chi connectivity index (χ3v) is 1.45. The Morgan fingerprint density at radius 2 is 2.73 bits per heavy atom. The molecule has 1 aliphatic heterocycles. The molecule has 1 atom stereocenters. The van der Waals surface area contributed by atoms with Crippen molar-refractivity contribution >= 4 is 17.2 Å². The van der Waals surface area contributed by atoms with Gasteiger partial charge in [-0.1, -0.05) is 5.92 Å². The van der Waals surface area contributed by atoms with Crippen LogP contribution >= 0.6 is 0 Å². The summed E-state index contributed by atoms with van der Waals surface area (Å²) in [7, 11) is 0. The molecule has 3 N–H and O–H groups in total. The minimum absolute atomic E-state index is 0.168. The predicted molar refractivity (Wildman–Crippen MR) is 39.5 cm³/mol. The Hall–Kier alpha value is -1.10. The Bertz CT molecular complexity index is 245. The Balaban J connectivity index is 2.55. The highest BCUT2D eigenvalue weighted by Crippen LogP contribution is 1.95. The molecule has 1 heterocycles. The number of rotatable bonds is 1. The van der Waals surface area contributed by atoms with Crippen molar-refractivity contribution in [3.63, 3.8) is 0 Å². The van der Waals surface area contributed by atoms with Gasteiger partial charge in [-0.15, -0.1) is 10.8 Å². The quantitative estimate of drug-likeness (QED) is 0.280. The van der Waals surface area contributed by atoms with E-state index in [4.69, 9.17) is 12.3 Å². The van der Waals surface area contributed by atoms with Gasteiger partial charge in [0.05, 0.1) is 6.54 Å². The van der Waals surface area contributed by atoms with Crippen molar-refractivity contribution in [3.8, 4) is 12.3 Å². The number of guanidine groups is 1. The molecule has 0 radical (unpaired) electrons. The highest BCUT2D eigenvalue weighted by atomic mass is 32.2. The van der Waals surface area contributed by atoms with Gasteiger partial charge >= 0.3 is 11.3 Å². The number of nitrogens with two attached hydrogens (primary N) is 1. The first-order valence-electron chi connectivity index (χ1n) is 2.63. The second-order valence-corrected chi connectivity index (χ2v) is 2.43. The van der Waals surface area contributed by atoms with Crippen molar-refractivity contribution in [2.45, 2.75) is 0 Å². The maximum Gasteiger partial charge on any atom is 0.310 e. The normalized spacial score (nSPS) is 21.8. The largest absolute Gasteiger partial charge is 0.310 e. The fourth-order valence-corrected chi connectivity index (χ4v) is 0.932. The summed E-state index contributed by atoms with van der Waals surface area (Å²) in [5.74, 6) is 7.79. The number of hydrogen-bond donors (Lipinski definition) is 2. The summed E-state index contributed by atoms with van der Waals surface area (Å²) in [5.41, 5.74) is 2.25. The molecular formula is C4H6N4O2S. The van der Waals surface area contributed by atoms with E-state index in [1.54, 1.807) is 0 Å². The molecule has 0 spiro atoms. The molecule has 1 unspecified atom stereocenters. The van der Waals surface area contributed by atoms with E-state index < -0.39 is 11.3 Å². The zero-order valence-electron chi connectivity index (χ0n) is 5.48. The standard InChI is InChI=1S/C4H6N4O2S/c1-2-3-8(5)4-6-10-11(9)7-4/h1H,3,5H2,(H,6,7). The smallest absolute Gasteiger partial charge is 0.266 e. The molecule has 7 heteroatoms. The van der Waals surface area contributed by atoms with Crippen LogP contribution in [0, 0.1) is 12.3 Å². The van der Waals surface area contributed by atoms with Crippen LogP contribution in [-0.4, -0.2) is 21.7 Å². The summed E-state index contributed by atoms with van der Waals surface area (Å²) < 4.78 is 18.3. The third kappa shape index (κ3) is 1.91. The van der Waals surface area contributed by atoms with Crippen LogP contribution in [0.3, 0.4) is 0 Å². The van der Waals surface area contributed by atoms with Crippen LogP contribution in [0.4, 0.5) is 0 Å². The third-order valence-electron chi connectivity index (χ3n) is 0.899. The monoisotopic (exact) mass is 174 g/mol. The van der Waals surface area contributed by atoms with Crippen LogP contribution in [0.15, 0.2) is 4.40 Å². The van der Waals surface area contributed by atoms with E-state index in [0.717, 1.165) is 5.01 Å². The zero-order chi connectivity index (χ0) is 8.27. The van der Waals surface area contributed by atoms with Gasteiger partial charge in [0.1, 0.15) is 0 Å². The van der Waals surface area contributed by atoms with Gasteiger partial charge in [0.2, 0.25) is 0 Å². The number of hydroxylamine groups is 1. The minimum atomic E-state index is -1.69. The van der Waals surface area contributed by atoms with E-state index in [2.05, 4.69) is 20.1 Å². The van der Waals surface area contributed by atoms with Crippen LogP contribution in [0.5, 0.6) is 0 Å². The number of hydrazine groups is 1. The number of nitrogens with zero attached hydrogens (tertiary/aromatic N) is 2. The van der Waals surface area contributed by atoms with Crippen LogP contribution in [0.1, 0.15) is 0 Å². The summed E-state index contributed by atoms with van der Waals surface area (Å²) in [6.45, 7) is 0.173. The lowest BCUT2D eigenvalue weighted by Crippen LogP contribution is -2.43. The number of terminal acetylenes is 1. The maximum absolute atomic E-state index is 10.5.